The van der Waals surface area contributed by atoms with E-state index >= 15 is 0 Å². The summed E-state index contributed by atoms with van der Waals surface area (Å²) in [5.74, 6) is 0.817. The zero-order valence-electron chi connectivity index (χ0n) is 24.7. The highest BCUT2D eigenvalue weighted by Gasteiger charge is 2.06. The quantitative estimate of drug-likeness (QED) is 0.0553. The smallest absolute Gasteiger partial charge is 0.305 e. The highest BCUT2D eigenvalue weighted by Crippen LogP contribution is 2.08. The maximum Gasteiger partial charge on any atom is 0.305 e. The summed E-state index contributed by atoms with van der Waals surface area (Å²) in [6.45, 7) is 15.2. The molecule has 0 atom stereocenters. The predicted octanol–water partition coefficient (Wildman–Crippen LogP) is 8.60. The third kappa shape index (κ3) is 35.0. The molecule has 0 radical (unpaired) electrons. The normalized spacial score (nSPS) is 10.9. The molecule has 0 unspecified atom stereocenters. The maximum atomic E-state index is 11.6. The highest BCUT2D eigenvalue weighted by atomic mass is 17.2. The van der Waals surface area contributed by atoms with Crippen LogP contribution in [-0.2, 0) is 28.8 Å². The SMILES string of the molecule is CC(C)COOCC(C)C.CCCCCCCCOC(=O)CCCCC(=O)OCCCCCCCC. The van der Waals surface area contributed by atoms with E-state index in [9.17, 15) is 9.59 Å². The summed E-state index contributed by atoms with van der Waals surface area (Å²) in [4.78, 5) is 33.0. The van der Waals surface area contributed by atoms with Crippen molar-refractivity contribution in [3.63, 3.8) is 0 Å². The minimum atomic E-state index is -0.140. The minimum absolute atomic E-state index is 0.140. The number of ether oxygens (including phenoxy) is 2. The second-order valence-electron chi connectivity index (χ2n) is 10.5. The summed E-state index contributed by atoms with van der Waals surface area (Å²) < 4.78 is 10.4. The molecule has 0 amide bonds. The van der Waals surface area contributed by atoms with E-state index in [1.807, 2.05) is 0 Å². The molecule has 0 aliphatic carbocycles. The summed E-state index contributed by atoms with van der Waals surface area (Å²) in [5.41, 5.74) is 0. The van der Waals surface area contributed by atoms with E-state index in [1.54, 1.807) is 0 Å². The van der Waals surface area contributed by atoms with E-state index in [2.05, 4.69) is 41.5 Å². The van der Waals surface area contributed by atoms with Crippen LogP contribution < -0.4 is 0 Å². The van der Waals surface area contributed by atoms with Crippen molar-refractivity contribution < 1.29 is 28.8 Å². The Morgan fingerprint density at radius 3 is 1.17 bits per heavy atom. The Kier molecular flexibility index (Phi) is 30.9. The van der Waals surface area contributed by atoms with Crippen LogP contribution in [0.25, 0.3) is 0 Å². The molecule has 0 fully saturated rings. The second-order valence-corrected chi connectivity index (χ2v) is 10.5. The van der Waals surface area contributed by atoms with Crippen LogP contribution >= 0.6 is 0 Å². The molecule has 0 aromatic heterocycles. The molecule has 0 N–H and O–H groups in total. The Bertz CT molecular complexity index is 422. The van der Waals surface area contributed by atoms with E-state index in [-0.39, 0.29) is 11.9 Å². The lowest BCUT2D eigenvalue weighted by Crippen LogP contribution is -2.08. The zero-order valence-corrected chi connectivity index (χ0v) is 24.7. The fourth-order valence-electron chi connectivity index (χ4n) is 3.19. The van der Waals surface area contributed by atoms with Gasteiger partial charge in [-0.25, -0.2) is 9.78 Å². The average Bonchev–Trinajstić information content (AvgIpc) is 2.83. The maximum absolute atomic E-state index is 11.6. The van der Waals surface area contributed by atoms with E-state index in [4.69, 9.17) is 19.2 Å². The van der Waals surface area contributed by atoms with Crippen molar-refractivity contribution in [3.8, 4) is 0 Å². The van der Waals surface area contributed by atoms with Gasteiger partial charge in [-0.3, -0.25) is 9.59 Å². The summed E-state index contributed by atoms with van der Waals surface area (Å²) in [6, 6.07) is 0. The first-order chi connectivity index (χ1) is 17.3. The second kappa shape index (κ2) is 30.1. The lowest BCUT2D eigenvalue weighted by Gasteiger charge is -2.07. The third-order valence-corrected chi connectivity index (χ3v) is 5.42. The van der Waals surface area contributed by atoms with Gasteiger partial charge in [0.1, 0.15) is 0 Å². The number of rotatable bonds is 24. The molecule has 0 saturated carbocycles. The molecule has 0 heterocycles. The van der Waals surface area contributed by atoms with Gasteiger partial charge in [-0.05, 0) is 37.5 Å². The first-order valence-corrected chi connectivity index (χ1v) is 14.9. The number of unbranched alkanes of at least 4 members (excludes halogenated alkanes) is 11. The van der Waals surface area contributed by atoms with Gasteiger partial charge < -0.3 is 9.47 Å². The van der Waals surface area contributed by atoms with Crippen LogP contribution in [0.2, 0.25) is 0 Å². The molecule has 0 spiro atoms. The van der Waals surface area contributed by atoms with Gasteiger partial charge in [-0.15, -0.1) is 0 Å². The van der Waals surface area contributed by atoms with Crippen molar-refractivity contribution in [1.82, 2.24) is 0 Å². The van der Waals surface area contributed by atoms with Gasteiger partial charge in [0, 0.05) is 12.8 Å². The van der Waals surface area contributed by atoms with Crippen molar-refractivity contribution in [2.24, 2.45) is 11.8 Å². The molecule has 0 aliphatic rings. The van der Waals surface area contributed by atoms with E-state index in [0.29, 0.717) is 63.9 Å². The Morgan fingerprint density at radius 2 is 0.833 bits per heavy atom. The molecule has 216 valence electrons. The molecule has 0 bridgehead atoms. The van der Waals surface area contributed by atoms with Crippen LogP contribution in [0.5, 0.6) is 0 Å². The van der Waals surface area contributed by atoms with Crippen LogP contribution in [0.3, 0.4) is 0 Å². The summed E-state index contributed by atoms with van der Waals surface area (Å²) in [7, 11) is 0. The van der Waals surface area contributed by atoms with Crippen LogP contribution in [0.15, 0.2) is 0 Å². The Morgan fingerprint density at radius 1 is 0.500 bits per heavy atom. The average molecular weight is 517 g/mol. The molecule has 0 aliphatic heterocycles. The number of carbonyl (C=O) groups is 2. The number of hydrogen-bond acceptors (Lipinski definition) is 6. The summed E-state index contributed by atoms with van der Waals surface area (Å²) >= 11 is 0. The van der Waals surface area contributed by atoms with Crippen molar-refractivity contribution >= 4 is 11.9 Å². The Balaban J connectivity index is 0. The lowest BCUT2D eigenvalue weighted by atomic mass is 10.1. The molecule has 0 rings (SSSR count). The summed E-state index contributed by atoms with van der Waals surface area (Å²) in [5, 5.41) is 0. The molecule has 6 heteroatoms. The fourth-order valence-corrected chi connectivity index (χ4v) is 3.19. The van der Waals surface area contributed by atoms with Gasteiger partial charge in [0.15, 0.2) is 0 Å². The van der Waals surface area contributed by atoms with Gasteiger partial charge in [-0.1, -0.05) is 106 Å². The molecule has 0 saturated heterocycles. The molecule has 0 aromatic rings. The minimum Gasteiger partial charge on any atom is -0.466 e. The van der Waals surface area contributed by atoms with Crippen molar-refractivity contribution in [3.05, 3.63) is 0 Å². The lowest BCUT2D eigenvalue weighted by molar-refractivity contribution is -0.304. The molecular weight excluding hydrogens is 456 g/mol. The first kappa shape index (κ1) is 37.0. The molecule has 6 nitrogen and oxygen atoms in total. The first-order valence-electron chi connectivity index (χ1n) is 14.9. The molecule has 0 aromatic carbocycles. The van der Waals surface area contributed by atoms with Gasteiger partial charge in [0.05, 0.1) is 26.4 Å². The number of esters is 2. The van der Waals surface area contributed by atoms with Gasteiger partial charge in [0.2, 0.25) is 0 Å². The largest absolute Gasteiger partial charge is 0.466 e. The summed E-state index contributed by atoms with van der Waals surface area (Å²) in [6.07, 6.45) is 16.5. The van der Waals surface area contributed by atoms with Gasteiger partial charge in [0.25, 0.3) is 0 Å². The molecule has 36 heavy (non-hydrogen) atoms. The third-order valence-electron chi connectivity index (χ3n) is 5.42. The topological polar surface area (TPSA) is 71.1 Å². The van der Waals surface area contributed by atoms with Gasteiger partial charge in [-0.2, -0.15) is 0 Å². The Labute approximate surface area is 223 Å². The fraction of sp³-hybridized carbons (Fsp3) is 0.933. The van der Waals surface area contributed by atoms with Crippen LogP contribution in [0.4, 0.5) is 0 Å². The van der Waals surface area contributed by atoms with E-state index < -0.39 is 0 Å². The van der Waals surface area contributed by atoms with Gasteiger partial charge >= 0.3 is 11.9 Å². The van der Waals surface area contributed by atoms with Crippen LogP contribution in [0.1, 0.15) is 144 Å². The predicted molar refractivity (Wildman–Crippen MR) is 149 cm³/mol. The monoisotopic (exact) mass is 516 g/mol. The van der Waals surface area contributed by atoms with Crippen molar-refractivity contribution in [1.29, 1.82) is 0 Å². The van der Waals surface area contributed by atoms with Crippen molar-refractivity contribution in [2.75, 3.05) is 26.4 Å². The standard InChI is InChI=1S/C22H42O4.C8H18O2/c1-3-5-7-9-11-15-19-25-21(23)17-13-14-18-22(24)26-20-16-12-10-8-6-4-2;1-7(2)5-9-10-6-8(3)4/h3-20H2,1-2H3;7-8H,5-6H2,1-4H3. The Hall–Kier alpha value is -1.14. The molecular formula is C30H60O6. The van der Waals surface area contributed by atoms with E-state index in [1.165, 1.54) is 51.4 Å². The van der Waals surface area contributed by atoms with Crippen LogP contribution in [-0.4, -0.2) is 38.4 Å². The number of carbonyl (C=O) groups excluding carboxylic acids is 2. The van der Waals surface area contributed by atoms with Crippen LogP contribution in [0, 0.1) is 11.8 Å². The van der Waals surface area contributed by atoms with Crippen molar-refractivity contribution in [2.45, 2.75) is 144 Å². The number of hydrogen-bond donors (Lipinski definition) is 0. The highest BCUT2D eigenvalue weighted by molar-refractivity contribution is 5.70. The zero-order chi connectivity index (χ0) is 27.3. The van der Waals surface area contributed by atoms with E-state index in [0.717, 1.165) is 25.7 Å².